The molecule has 0 spiro atoms. The van der Waals surface area contributed by atoms with Gasteiger partial charge in [-0.15, -0.1) is 0 Å². The lowest BCUT2D eigenvalue weighted by Crippen LogP contribution is -2.43. The van der Waals surface area contributed by atoms with Crippen LogP contribution < -0.4 is 15.0 Å². The van der Waals surface area contributed by atoms with E-state index < -0.39 is 15.9 Å². The normalized spacial score (nSPS) is 20.6. The fourth-order valence-corrected chi connectivity index (χ4v) is 6.43. The molecule has 4 rings (SSSR count). The van der Waals surface area contributed by atoms with Gasteiger partial charge >= 0.3 is 0 Å². The van der Waals surface area contributed by atoms with E-state index in [9.17, 15) is 18.0 Å². The SMILES string of the molecule is CCOc1ccccc1NC(=O)[C@@H]1CCCN(S(=O)(=O)c2ccc3c(c2)C[C@H](C)N3C(C)=O)C1. The number of sulfonamides is 1. The molecule has 2 heterocycles. The van der Waals surface area contributed by atoms with Gasteiger partial charge in [-0.3, -0.25) is 9.59 Å². The molecule has 2 aliphatic rings. The molecule has 2 amide bonds. The van der Waals surface area contributed by atoms with E-state index in [1.807, 2.05) is 26.0 Å². The van der Waals surface area contributed by atoms with Gasteiger partial charge in [-0.25, -0.2) is 8.42 Å². The van der Waals surface area contributed by atoms with Gasteiger partial charge in [-0.2, -0.15) is 4.31 Å². The quantitative estimate of drug-likeness (QED) is 0.676. The average molecular weight is 486 g/mol. The van der Waals surface area contributed by atoms with Gasteiger partial charge in [-0.1, -0.05) is 12.1 Å². The van der Waals surface area contributed by atoms with Gasteiger partial charge in [0, 0.05) is 31.7 Å². The fourth-order valence-electron chi connectivity index (χ4n) is 4.86. The zero-order valence-corrected chi connectivity index (χ0v) is 20.6. The number of carbonyl (C=O) groups excluding carboxylic acids is 2. The maximum Gasteiger partial charge on any atom is 0.243 e. The predicted octanol–water partition coefficient (Wildman–Crippen LogP) is 3.42. The molecule has 9 heteroatoms. The number of hydrogen-bond donors (Lipinski definition) is 1. The van der Waals surface area contributed by atoms with Crippen molar-refractivity contribution in [2.75, 3.05) is 29.9 Å². The molecule has 1 N–H and O–H groups in total. The van der Waals surface area contributed by atoms with Crippen molar-refractivity contribution < 1.29 is 22.7 Å². The van der Waals surface area contributed by atoms with Crippen LogP contribution in [0.25, 0.3) is 0 Å². The van der Waals surface area contributed by atoms with Crippen LogP contribution in [0, 0.1) is 5.92 Å². The highest BCUT2D eigenvalue weighted by atomic mass is 32.2. The third kappa shape index (κ3) is 4.67. The summed E-state index contributed by atoms with van der Waals surface area (Å²) in [4.78, 5) is 26.9. The number of anilines is 2. The third-order valence-electron chi connectivity index (χ3n) is 6.44. The van der Waals surface area contributed by atoms with E-state index in [1.165, 1.54) is 11.2 Å². The number of fused-ring (bicyclic) bond motifs is 1. The van der Waals surface area contributed by atoms with Crippen molar-refractivity contribution in [2.45, 2.75) is 51.0 Å². The van der Waals surface area contributed by atoms with E-state index in [4.69, 9.17) is 4.74 Å². The number of nitrogens with one attached hydrogen (secondary N) is 1. The minimum absolute atomic E-state index is 0.00641. The Morgan fingerprint density at radius 2 is 1.94 bits per heavy atom. The van der Waals surface area contributed by atoms with Crippen molar-refractivity contribution >= 4 is 33.2 Å². The van der Waals surface area contributed by atoms with E-state index in [2.05, 4.69) is 5.32 Å². The zero-order valence-electron chi connectivity index (χ0n) is 19.8. The predicted molar refractivity (Wildman–Crippen MR) is 130 cm³/mol. The maximum atomic E-state index is 13.4. The topological polar surface area (TPSA) is 96.0 Å². The lowest BCUT2D eigenvalue weighted by Gasteiger charge is -2.31. The lowest BCUT2D eigenvalue weighted by atomic mass is 9.98. The first kappa shape index (κ1) is 24.2. The van der Waals surface area contributed by atoms with Gasteiger partial charge in [-0.05, 0) is 69.0 Å². The highest BCUT2D eigenvalue weighted by Gasteiger charge is 2.35. The molecule has 0 aliphatic carbocycles. The van der Waals surface area contributed by atoms with E-state index >= 15 is 0 Å². The number of piperidine rings is 1. The van der Waals surface area contributed by atoms with Gasteiger partial charge in [0.25, 0.3) is 0 Å². The Morgan fingerprint density at radius 1 is 1.18 bits per heavy atom. The molecule has 0 radical (unpaired) electrons. The molecule has 1 fully saturated rings. The molecule has 0 unspecified atom stereocenters. The molecule has 182 valence electrons. The first-order valence-electron chi connectivity index (χ1n) is 11.7. The monoisotopic (exact) mass is 485 g/mol. The van der Waals surface area contributed by atoms with Gasteiger partial charge in [0.1, 0.15) is 5.75 Å². The summed E-state index contributed by atoms with van der Waals surface area (Å²) in [6.07, 6.45) is 1.83. The summed E-state index contributed by atoms with van der Waals surface area (Å²) < 4.78 is 33.9. The minimum atomic E-state index is -3.77. The Bertz CT molecular complexity index is 1200. The van der Waals surface area contributed by atoms with Gasteiger partial charge in [0.15, 0.2) is 0 Å². The van der Waals surface area contributed by atoms with Crippen LogP contribution in [0.3, 0.4) is 0 Å². The van der Waals surface area contributed by atoms with Crippen LogP contribution >= 0.6 is 0 Å². The van der Waals surface area contributed by atoms with Crippen LogP contribution in [0.15, 0.2) is 47.4 Å². The highest BCUT2D eigenvalue weighted by Crippen LogP contribution is 2.35. The second-order valence-electron chi connectivity index (χ2n) is 8.85. The van der Waals surface area contributed by atoms with Crippen LogP contribution in [-0.2, 0) is 26.0 Å². The van der Waals surface area contributed by atoms with Gasteiger partial charge in [0.05, 0.1) is 23.1 Å². The zero-order chi connectivity index (χ0) is 24.5. The minimum Gasteiger partial charge on any atom is -0.492 e. The molecule has 8 nitrogen and oxygen atoms in total. The van der Waals surface area contributed by atoms with Crippen molar-refractivity contribution in [3.8, 4) is 5.75 Å². The lowest BCUT2D eigenvalue weighted by molar-refractivity contribution is -0.121. The Balaban J connectivity index is 1.50. The molecule has 2 aliphatic heterocycles. The number of rotatable bonds is 6. The number of amides is 2. The number of nitrogens with zero attached hydrogens (tertiary/aromatic N) is 2. The van der Waals surface area contributed by atoms with Crippen molar-refractivity contribution in [2.24, 2.45) is 5.92 Å². The fraction of sp³-hybridized carbons (Fsp3) is 0.440. The molecule has 34 heavy (non-hydrogen) atoms. The van der Waals surface area contributed by atoms with Crippen molar-refractivity contribution in [3.63, 3.8) is 0 Å². The van der Waals surface area contributed by atoms with Crippen LogP contribution in [0.4, 0.5) is 11.4 Å². The molecule has 2 atom stereocenters. The average Bonchev–Trinajstić information content (AvgIpc) is 3.15. The first-order valence-corrected chi connectivity index (χ1v) is 13.1. The molecular weight excluding hydrogens is 454 g/mol. The van der Waals surface area contributed by atoms with Crippen LogP contribution in [0.1, 0.15) is 39.2 Å². The van der Waals surface area contributed by atoms with Crippen molar-refractivity contribution in [1.82, 2.24) is 4.31 Å². The van der Waals surface area contributed by atoms with E-state index in [-0.39, 0.29) is 29.3 Å². The number of para-hydroxylation sites is 2. The number of carbonyl (C=O) groups is 2. The Labute approximate surface area is 200 Å². The molecule has 0 bridgehead atoms. The van der Waals surface area contributed by atoms with E-state index in [1.54, 1.807) is 35.2 Å². The molecule has 1 saturated heterocycles. The van der Waals surface area contributed by atoms with E-state index in [0.717, 1.165) is 11.3 Å². The first-order chi connectivity index (χ1) is 16.2. The van der Waals surface area contributed by atoms with Crippen LogP contribution in [0.2, 0.25) is 0 Å². The largest absolute Gasteiger partial charge is 0.492 e. The summed E-state index contributed by atoms with van der Waals surface area (Å²) in [5, 5.41) is 2.91. The third-order valence-corrected chi connectivity index (χ3v) is 8.30. The van der Waals surface area contributed by atoms with Crippen molar-refractivity contribution in [1.29, 1.82) is 0 Å². The maximum absolute atomic E-state index is 13.4. The molecule has 0 aromatic heterocycles. The summed E-state index contributed by atoms with van der Waals surface area (Å²) in [6.45, 7) is 6.31. The summed E-state index contributed by atoms with van der Waals surface area (Å²) >= 11 is 0. The summed E-state index contributed by atoms with van der Waals surface area (Å²) in [6, 6.07) is 12.2. The van der Waals surface area contributed by atoms with Crippen LogP contribution in [-0.4, -0.2) is 50.3 Å². The molecule has 2 aromatic rings. The molecule has 0 saturated carbocycles. The van der Waals surface area contributed by atoms with Gasteiger partial charge in [0.2, 0.25) is 21.8 Å². The second kappa shape index (κ2) is 9.76. The molecular formula is C25H31N3O5S. The standard InChI is InChI=1S/C25H31N3O5S/c1-4-33-24-10-6-5-9-22(24)26-25(30)19-8-7-13-27(16-19)34(31,32)21-11-12-23-20(15-21)14-17(2)28(23)18(3)29/h5-6,9-12,15,17,19H,4,7-8,13-14,16H2,1-3H3,(H,26,30)/t17-,19+/m0/s1. The Hall–Kier alpha value is -2.91. The highest BCUT2D eigenvalue weighted by molar-refractivity contribution is 7.89. The van der Waals surface area contributed by atoms with Crippen LogP contribution in [0.5, 0.6) is 5.75 Å². The summed E-state index contributed by atoms with van der Waals surface area (Å²) in [5.74, 6) is -0.143. The summed E-state index contributed by atoms with van der Waals surface area (Å²) in [7, 11) is -3.77. The smallest absolute Gasteiger partial charge is 0.243 e. The van der Waals surface area contributed by atoms with Gasteiger partial charge < -0.3 is 15.0 Å². The molecule has 2 aromatic carbocycles. The Kier molecular flexibility index (Phi) is 6.95. The summed E-state index contributed by atoms with van der Waals surface area (Å²) in [5.41, 5.74) is 2.20. The van der Waals surface area contributed by atoms with Crippen molar-refractivity contribution in [3.05, 3.63) is 48.0 Å². The second-order valence-corrected chi connectivity index (χ2v) is 10.8. The number of benzene rings is 2. The van der Waals surface area contributed by atoms with E-state index in [0.29, 0.717) is 43.9 Å². The Morgan fingerprint density at radius 3 is 2.68 bits per heavy atom. The number of ether oxygens (including phenoxy) is 1. The number of hydrogen-bond acceptors (Lipinski definition) is 5.